The predicted molar refractivity (Wildman–Crippen MR) is 128 cm³/mol. The van der Waals surface area contributed by atoms with E-state index in [-0.39, 0.29) is 20.1 Å². The molecule has 4 aromatic carbocycles. The van der Waals surface area contributed by atoms with Crippen molar-refractivity contribution in [2.24, 2.45) is 0 Å². The van der Waals surface area contributed by atoms with Gasteiger partial charge in [-0.2, -0.15) is 48.5 Å². The van der Waals surface area contributed by atoms with Gasteiger partial charge in [0.05, 0.1) is 0 Å². The summed E-state index contributed by atoms with van der Waals surface area (Å²) < 4.78 is 0. The Bertz CT molecular complexity index is 1180. The molecule has 156 valence electrons. The summed E-state index contributed by atoms with van der Waals surface area (Å²) >= 11 is 0. The van der Waals surface area contributed by atoms with E-state index < -0.39 is 0 Å². The Morgan fingerprint density at radius 1 is 0.594 bits per heavy atom. The van der Waals surface area contributed by atoms with Crippen LogP contribution in [0.15, 0.2) is 115 Å². The molecule has 1 nitrogen and oxygen atoms in total. The quantitative estimate of drug-likeness (QED) is 0.199. The van der Waals surface area contributed by atoms with Crippen LogP contribution < -0.4 is 0 Å². The molecule has 0 aliphatic heterocycles. The van der Waals surface area contributed by atoms with E-state index in [1.807, 2.05) is 79.0 Å². The zero-order valence-corrected chi connectivity index (χ0v) is 20.1. The summed E-state index contributed by atoms with van der Waals surface area (Å²) in [5.41, 5.74) is 7.90. The Hall–Kier alpha value is -3.32. The number of nitrogens with zero attached hydrogens (tertiary/aromatic N) is 1. The fraction of sp³-hybridized carbons (Fsp3) is 0.0333. The molecular formula is C30H22IrN. The van der Waals surface area contributed by atoms with Gasteiger partial charge in [0.15, 0.2) is 0 Å². The second-order valence-electron chi connectivity index (χ2n) is 7.07. The van der Waals surface area contributed by atoms with Crippen LogP contribution in [0, 0.1) is 25.1 Å². The van der Waals surface area contributed by atoms with E-state index in [2.05, 4.69) is 66.5 Å². The second-order valence-corrected chi connectivity index (χ2v) is 7.07. The van der Waals surface area contributed by atoms with Crippen LogP contribution in [0.25, 0.3) is 33.5 Å². The van der Waals surface area contributed by atoms with E-state index >= 15 is 0 Å². The summed E-state index contributed by atoms with van der Waals surface area (Å²) in [5, 5.41) is 0. The molecular weight excluding hydrogens is 567 g/mol. The Morgan fingerprint density at radius 2 is 1.12 bits per heavy atom. The fourth-order valence-corrected chi connectivity index (χ4v) is 3.32. The van der Waals surface area contributed by atoms with Crippen LogP contribution in [0.3, 0.4) is 0 Å². The molecule has 32 heavy (non-hydrogen) atoms. The summed E-state index contributed by atoms with van der Waals surface area (Å²) in [5.74, 6) is 0. The maximum Gasteiger partial charge on any atom is 3.00 e. The van der Waals surface area contributed by atoms with Gasteiger partial charge >= 0.3 is 20.1 Å². The standard InChI is InChI=1S/C18H14N.C12H8.Ir/c1-14-7-5-6-10-17(14)16-11-12-19-18(13-16)15-8-3-2-4-9-15;1-3-7-11(8-4-1)12-9-5-2-6-10-12;/h2-8,10-13H,1H3;1-7,9H;/q-1;-2;+3. The van der Waals surface area contributed by atoms with Gasteiger partial charge in [0.2, 0.25) is 0 Å². The fourth-order valence-electron chi connectivity index (χ4n) is 3.32. The molecule has 0 bridgehead atoms. The molecule has 5 rings (SSSR count). The van der Waals surface area contributed by atoms with Crippen LogP contribution >= 0.6 is 0 Å². The van der Waals surface area contributed by atoms with Crippen molar-refractivity contribution in [3.8, 4) is 33.5 Å². The first-order valence-corrected chi connectivity index (χ1v) is 10.2. The van der Waals surface area contributed by atoms with Crippen LogP contribution in [-0.4, -0.2) is 4.98 Å². The van der Waals surface area contributed by atoms with E-state index in [9.17, 15) is 0 Å². The third kappa shape index (κ3) is 6.11. The number of pyridine rings is 1. The van der Waals surface area contributed by atoms with Crippen LogP contribution in [0.1, 0.15) is 5.56 Å². The van der Waals surface area contributed by atoms with Crippen LogP contribution in [0.2, 0.25) is 0 Å². The van der Waals surface area contributed by atoms with E-state index in [1.54, 1.807) is 0 Å². The van der Waals surface area contributed by atoms with Crippen LogP contribution in [0.4, 0.5) is 0 Å². The number of aryl methyl sites for hydroxylation is 1. The Labute approximate surface area is 204 Å². The predicted octanol–water partition coefficient (Wildman–Crippen LogP) is 7.48. The number of aromatic nitrogens is 1. The smallest absolute Gasteiger partial charge is 0.305 e. The molecule has 5 aromatic rings. The molecule has 0 saturated carbocycles. The van der Waals surface area contributed by atoms with Gasteiger partial charge in [0, 0.05) is 6.20 Å². The Balaban J connectivity index is 0.000000193. The van der Waals surface area contributed by atoms with E-state index in [0.717, 1.165) is 22.4 Å². The molecule has 0 spiro atoms. The molecule has 0 atom stereocenters. The molecule has 0 aliphatic carbocycles. The van der Waals surface area contributed by atoms with Crippen molar-refractivity contribution in [2.45, 2.75) is 6.92 Å². The van der Waals surface area contributed by atoms with Crippen molar-refractivity contribution in [3.05, 3.63) is 139 Å². The van der Waals surface area contributed by atoms with E-state index in [0.29, 0.717) is 0 Å². The normalized spacial score (nSPS) is 9.78. The molecule has 0 N–H and O–H groups in total. The summed E-state index contributed by atoms with van der Waals surface area (Å²) in [6, 6.07) is 45.8. The van der Waals surface area contributed by atoms with Crippen molar-refractivity contribution < 1.29 is 20.1 Å². The summed E-state index contributed by atoms with van der Waals surface area (Å²) in [6.07, 6.45) is 1.86. The maximum absolute atomic E-state index is 4.43. The van der Waals surface area contributed by atoms with Crippen molar-refractivity contribution >= 4 is 0 Å². The molecule has 0 saturated heterocycles. The molecule has 1 heterocycles. The topological polar surface area (TPSA) is 12.9 Å². The SMILES string of the molecule is Cc1ccccc1-c1ccnc(-c2[c-]cccc2)c1.[Ir+3].[c-]1ccccc1-c1[c-]cccc1. The zero-order chi connectivity index (χ0) is 21.3. The first-order valence-electron chi connectivity index (χ1n) is 10.2. The van der Waals surface area contributed by atoms with Crippen molar-refractivity contribution in [1.29, 1.82) is 0 Å². The number of hydrogen-bond acceptors (Lipinski definition) is 1. The van der Waals surface area contributed by atoms with Gasteiger partial charge in [-0.25, -0.2) is 11.1 Å². The number of rotatable bonds is 3. The molecule has 0 radical (unpaired) electrons. The van der Waals surface area contributed by atoms with E-state index in [4.69, 9.17) is 0 Å². The first kappa shape index (κ1) is 23.3. The Kier molecular flexibility index (Phi) is 8.69. The second kappa shape index (κ2) is 11.9. The average molecular weight is 589 g/mol. The van der Waals surface area contributed by atoms with Crippen LogP contribution in [-0.2, 0) is 20.1 Å². The molecule has 0 unspecified atom stereocenters. The first-order chi connectivity index (χ1) is 15.3. The van der Waals surface area contributed by atoms with Gasteiger partial charge < -0.3 is 4.98 Å². The van der Waals surface area contributed by atoms with Crippen molar-refractivity contribution in [1.82, 2.24) is 4.98 Å². The van der Waals surface area contributed by atoms with Gasteiger partial charge in [0.1, 0.15) is 0 Å². The van der Waals surface area contributed by atoms with E-state index in [1.165, 1.54) is 16.7 Å². The minimum absolute atomic E-state index is 0. The molecule has 0 aliphatic rings. The minimum Gasteiger partial charge on any atom is -0.305 e. The Morgan fingerprint density at radius 3 is 1.66 bits per heavy atom. The van der Waals surface area contributed by atoms with Crippen LogP contribution in [0.5, 0.6) is 0 Å². The number of benzene rings is 4. The van der Waals surface area contributed by atoms with Crippen molar-refractivity contribution in [2.75, 3.05) is 0 Å². The minimum atomic E-state index is 0. The van der Waals surface area contributed by atoms with Gasteiger partial charge in [-0.1, -0.05) is 30.3 Å². The summed E-state index contributed by atoms with van der Waals surface area (Å²) in [4.78, 5) is 4.43. The van der Waals surface area contributed by atoms with Gasteiger partial charge in [-0.05, 0) is 35.4 Å². The molecule has 0 fully saturated rings. The monoisotopic (exact) mass is 589 g/mol. The van der Waals surface area contributed by atoms with Crippen molar-refractivity contribution in [3.63, 3.8) is 0 Å². The molecule has 2 heteroatoms. The average Bonchev–Trinajstić information content (AvgIpc) is 2.86. The largest absolute Gasteiger partial charge is 3.00 e. The van der Waals surface area contributed by atoms with Gasteiger partial charge in [-0.3, -0.25) is 0 Å². The summed E-state index contributed by atoms with van der Waals surface area (Å²) in [6.45, 7) is 2.13. The summed E-state index contributed by atoms with van der Waals surface area (Å²) in [7, 11) is 0. The molecule has 0 amide bonds. The zero-order valence-electron chi connectivity index (χ0n) is 17.8. The third-order valence-electron chi connectivity index (χ3n) is 4.91. The number of hydrogen-bond donors (Lipinski definition) is 0. The maximum atomic E-state index is 4.43. The molecule has 1 aromatic heterocycles. The third-order valence-corrected chi connectivity index (χ3v) is 4.91. The van der Waals surface area contributed by atoms with Gasteiger partial charge in [0.25, 0.3) is 0 Å². The van der Waals surface area contributed by atoms with Gasteiger partial charge in [-0.15, -0.1) is 48.0 Å².